The van der Waals surface area contributed by atoms with Gasteiger partial charge in [0.2, 0.25) is 5.91 Å². The Morgan fingerprint density at radius 2 is 1.96 bits per heavy atom. The maximum Gasteiger partial charge on any atom is 0.226 e. The van der Waals surface area contributed by atoms with Crippen molar-refractivity contribution in [1.82, 2.24) is 15.5 Å². The molecule has 2 aliphatic rings. The summed E-state index contributed by atoms with van der Waals surface area (Å²) in [5.74, 6) is -0.174. The number of hydrogen-bond donors (Lipinski definition) is 2. The molecule has 2 fully saturated rings. The first-order valence-corrected chi connectivity index (χ1v) is 8.28. The second kappa shape index (κ2) is 8.14. The highest BCUT2D eigenvalue weighted by molar-refractivity contribution is 5.85. The summed E-state index contributed by atoms with van der Waals surface area (Å²) in [4.78, 5) is 16.7. The van der Waals surface area contributed by atoms with Crippen LogP contribution in [0.1, 0.15) is 18.5 Å². The molecule has 0 spiro atoms. The van der Waals surface area contributed by atoms with Crippen molar-refractivity contribution in [2.45, 2.75) is 13.0 Å². The van der Waals surface area contributed by atoms with Gasteiger partial charge in [-0.3, -0.25) is 4.79 Å². The Balaban J connectivity index is 0.00000208. The lowest BCUT2D eigenvalue weighted by molar-refractivity contribution is -0.127. The van der Waals surface area contributed by atoms with Crippen LogP contribution in [0.15, 0.2) is 18.2 Å². The fourth-order valence-electron chi connectivity index (χ4n) is 3.09. The van der Waals surface area contributed by atoms with Gasteiger partial charge in [0.05, 0.1) is 12.0 Å². The number of halogens is 2. The van der Waals surface area contributed by atoms with Crippen LogP contribution in [0, 0.1) is 11.7 Å². The molecule has 3 rings (SSSR count). The third-order valence-corrected chi connectivity index (χ3v) is 4.81. The smallest absolute Gasteiger partial charge is 0.226 e. The minimum atomic E-state index is -0.260. The Morgan fingerprint density at radius 1 is 1.29 bits per heavy atom. The number of amides is 1. The first-order valence-electron chi connectivity index (χ1n) is 8.28. The van der Waals surface area contributed by atoms with E-state index in [1.165, 1.54) is 6.07 Å². The molecule has 1 amide bonds. The second-order valence-corrected chi connectivity index (χ2v) is 6.58. The molecule has 2 saturated heterocycles. The summed E-state index contributed by atoms with van der Waals surface area (Å²) in [6.07, 6.45) is 0. The fourth-order valence-corrected chi connectivity index (χ4v) is 3.09. The number of carbonyl (C=O) groups excluding carboxylic acids is 1. The van der Waals surface area contributed by atoms with E-state index in [1.807, 2.05) is 13.0 Å². The summed E-state index contributed by atoms with van der Waals surface area (Å²) in [5, 5.41) is 6.13. The zero-order chi connectivity index (χ0) is 16.4. The second-order valence-electron chi connectivity index (χ2n) is 6.58. The van der Waals surface area contributed by atoms with Gasteiger partial charge in [0.15, 0.2) is 0 Å². The highest BCUT2D eigenvalue weighted by Crippen LogP contribution is 2.28. The molecular weight excluding hydrogens is 331 g/mol. The lowest BCUT2D eigenvalue weighted by Crippen LogP contribution is -2.51. The van der Waals surface area contributed by atoms with Crippen molar-refractivity contribution in [1.29, 1.82) is 0 Å². The molecule has 2 aliphatic heterocycles. The molecule has 7 heteroatoms. The molecule has 1 aromatic rings. The standard InChI is InChI=1S/C17H25FN4O.ClH/c1-12(20-17(23)13-10-19-11-13)15-9-14(18)3-4-16(15)22-7-5-21(2)6-8-22;/h3-4,9,12-13,19H,5-8,10-11H2,1-2H3,(H,20,23);1H. The molecule has 5 nitrogen and oxygen atoms in total. The molecule has 1 atom stereocenters. The summed E-state index contributed by atoms with van der Waals surface area (Å²) in [5.41, 5.74) is 1.88. The van der Waals surface area contributed by atoms with Crippen molar-refractivity contribution in [3.63, 3.8) is 0 Å². The first kappa shape index (κ1) is 19.0. The van der Waals surface area contributed by atoms with Gasteiger partial charge in [-0.25, -0.2) is 4.39 Å². The zero-order valence-electron chi connectivity index (χ0n) is 14.2. The number of rotatable bonds is 4. The van der Waals surface area contributed by atoms with E-state index >= 15 is 0 Å². The molecule has 0 saturated carbocycles. The third-order valence-electron chi connectivity index (χ3n) is 4.81. The van der Waals surface area contributed by atoms with E-state index < -0.39 is 0 Å². The lowest BCUT2D eigenvalue weighted by atomic mass is 10.00. The van der Waals surface area contributed by atoms with Crippen LogP contribution in [-0.4, -0.2) is 57.1 Å². The van der Waals surface area contributed by atoms with Gasteiger partial charge in [0.1, 0.15) is 5.82 Å². The molecule has 134 valence electrons. The number of nitrogens with zero attached hydrogens (tertiary/aromatic N) is 2. The number of piperazine rings is 1. The van der Waals surface area contributed by atoms with Gasteiger partial charge in [0.25, 0.3) is 0 Å². The molecule has 0 bridgehead atoms. The summed E-state index contributed by atoms with van der Waals surface area (Å²) >= 11 is 0. The van der Waals surface area contributed by atoms with Crippen LogP contribution >= 0.6 is 12.4 Å². The molecular formula is C17H26ClFN4O. The maximum absolute atomic E-state index is 13.8. The summed E-state index contributed by atoms with van der Waals surface area (Å²) < 4.78 is 13.8. The van der Waals surface area contributed by atoms with Gasteiger partial charge in [-0.05, 0) is 32.2 Å². The lowest BCUT2D eigenvalue weighted by Gasteiger charge is -2.36. The number of carbonyl (C=O) groups is 1. The highest BCUT2D eigenvalue weighted by Gasteiger charge is 2.27. The zero-order valence-corrected chi connectivity index (χ0v) is 15.0. The van der Waals surface area contributed by atoms with E-state index in [0.29, 0.717) is 0 Å². The molecule has 2 N–H and O–H groups in total. The maximum atomic E-state index is 13.8. The van der Waals surface area contributed by atoms with Gasteiger partial charge in [-0.2, -0.15) is 0 Å². The van der Waals surface area contributed by atoms with E-state index in [0.717, 1.165) is 50.5 Å². The monoisotopic (exact) mass is 356 g/mol. The highest BCUT2D eigenvalue weighted by atomic mass is 35.5. The molecule has 1 unspecified atom stereocenters. The summed E-state index contributed by atoms with van der Waals surface area (Å²) in [6, 6.07) is 4.69. The van der Waals surface area contributed by atoms with Crippen LogP contribution in [0.3, 0.4) is 0 Å². The Hall–Kier alpha value is -1.37. The average Bonchev–Trinajstić information content (AvgIpc) is 2.46. The van der Waals surface area contributed by atoms with Crippen molar-refractivity contribution in [3.8, 4) is 0 Å². The average molecular weight is 357 g/mol. The third kappa shape index (κ3) is 4.18. The van der Waals surface area contributed by atoms with Crippen molar-refractivity contribution in [3.05, 3.63) is 29.6 Å². The van der Waals surface area contributed by atoms with Gasteiger partial charge in [0, 0.05) is 50.5 Å². The largest absolute Gasteiger partial charge is 0.369 e. The quantitative estimate of drug-likeness (QED) is 0.856. The van der Waals surface area contributed by atoms with E-state index in [-0.39, 0.29) is 36.1 Å². The van der Waals surface area contributed by atoms with E-state index in [9.17, 15) is 9.18 Å². The van der Waals surface area contributed by atoms with Crippen LogP contribution in [0.2, 0.25) is 0 Å². The van der Waals surface area contributed by atoms with Crippen LogP contribution in [0.25, 0.3) is 0 Å². The molecule has 0 radical (unpaired) electrons. The molecule has 0 aromatic heterocycles. The van der Waals surface area contributed by atoms with E-state index in [4.69, 9.17) is 0 Å². The Bertz CT molecular complexity index is 574. The minimum Gasteiger partial charge on any atom is -0.369 e. The molecule has 2 heterocycles. The van der Waals surface area contributed by atoms with Crippen LogP contribution in [-0.2, 0) is 4.79 Å². The van der Waals surface area contributed by atoms with E-state index in [2.05, 4.69) is 27.5 Å². The Kier molecular flexibility index (Phi) is 6.43. The Labute approximate surface area is 149 Å². The van der Waals surface area contributed by atoms with Gasteiger partial charge in [-0.15, -0.1) is 12.4 Å². The SMILES string of the molecule is CC(NC(=O)C1CNC1)c1cc(F)ccc1N1CCN(C)CC1.Cl. The van der Waals surface area contributed by atoms with Crippen LogP contribution < -0.4 is 15.5 Å². The number of hydrogen-bond acceptors (Lipinski definition) is 4. The number of nitrogens with one attached hydrogen (secondary N) is 2. The first-order chi connectivity index (χ1) is 11.0. The number of anilines is 1. The van der Waals surface area contributed by atoms with Crippen molar-refractivity contribution in [2.24, 2.45) is 5.92 Å². The normalized spacial score (nSPS) is 20.0. The van der Waals surface area contributed by atoms with Crippen LogP contribution in [0.5, 0.6) is 0 Å². The number of benzene rings is 1. The van der Waals surface area contributed by atoms with Crippen molar-refractivity contribution >= 4 is 24.0 Å². The van der Waals surface area contributed by atoms with Crippen molar-refractivity contribution in [2.75, 3.05) is 51.2 Å². The Morgan fingerprint density at radius 3 is 2.54 bits per heavy atom. The molecule has 1 aromatic carbocycles. The van der Waals surface area contributed by atoms with Gasteiger partial charge >= 0.3 is 0 Å². The van der Waals surface area contributed by atoms with Crippen molar-refractivity contribution < 1.29 is 9.18 Å². The van der Waals surface area contributed by atoms with E-state index in [1.54, 1.807) is 6.07 Å². The van der Waals surface area contributed by atoms with Gasteiger partial charge < -0.3 is 20.4 Å². The fraction of sp³-hybridized carbons (Fsp3) is 0.588. The molecule has 24 heavy (non-hydrogen) atoms. The minimum absolute atomic E-state index is 0. The number of likely N-dealkylation sites (N-methyl/N-ethyl adjacent to an activating group) is 1. The summed E-state index contributed by atoms with van der Waals surface area (Å²) in [7, 11) is 2.11. The predicted octanol–water partition coefficient (Wildman–Crippen LogP) is 1.40. The van der Waals surface area contributed by atoms with Crippen LogP contribution in [0.4, 0.5) is 10.1 Å². The molecule has 0 aliphatic carbocycles. The van der Waals surface area contributed by atoms with Gasteiger partial charge in [-0.1, -0.05) is 0 Å². The topological polar surface area (TPSA) is 47.6 Å². The predicted molar refractivity (Wildman–Crippen MR) is 96.3 cm³/mol. The summed E-state index contributed by atoms with van der Waals surface area (Å²) in [6.45, 7) is 7.21.